The number of benzene rings is 1. The fraction of sp³-hybridized carbons (Fsp3) is 0.562. The van der Waals surface area contributed by atoms with Crippen molar-refractivity contribution in [1.82, 2.24) is 0 Å². The summed E-state index contributed by atoms with van der Waals surface area (Å²) < 4.78 is 104. The zero-order chi connectivity index (χ0) is 20.4. The summed E-state index contributed by atoms with van der Waals surface area (Å²) in [5.74, 6) is -13.4. The number of hydrogen-bond donors (Lipinski definition) is 0. The first-order valence-electron chi connectivity index (χ1n) is 7.46. The maximum absolute atomic E-state index is 14.1. The van der Waals surface area contributed by atoms with Gasteiger partial charge in [0.15, 0.2) is 9.84 Å². The molecule has 26 heavy (non-hydrogen) atoms. The van der Waals surface area contributed by atoms with Crippen LogP contribution in [0.25, 0.3) is 0 Å². The largest absolute Gasteiger partial charge is 0.374 e. The Balaban J connectivity index is 3.30. The molecule has 3 nitrogen and oxygen atoms in total. The van der Waals surface area contributed by atoms with E-state index in [1.807, 2.05) is 0 Å². The number of alkyl halides is 6. The molecule has 1 aromatic rings. The molecular weight excluding hydrogens is 384 g/mol. The predicted molar refractivity (Wildman–Crippen MR) is 87.0 cm³/mol. The van der Waals surface area contributed by atoms with E-state index in [4.69, 9.17) is 0 Å². The van der Waals surface area contributed by atoms with Gasteiger partial charge in [-0.15, -0.1) is 0 Å². The van der Waals surface area contributed by atoms with Crippen LogP contribution in [0.4, 0.5) is 26.3 Å². The van der Waals surface area contributed by atoms with E-state index in [1.165, 1.54) is 45.0 Å². The minimum Gasteiger partial charge on any atom is -0.281 e. The van der Waals surface area contributed by atoms with Crippen LogP contribution in [0.5, 0.6) is 0 Å². The first kappa shape index (κ1) is 22.5. The Kier molecular flexibility index (Phi) is 6.54. The van der Waals surface area contributed by atoms with Crippen LogP contribution < -0.4 is 0 Å². The number of rotatable bonds is 7. The number of sulfone groups is 1. The summed E-state index contributed by atoms with van der Waals surface area (Å²) in [6.45, 7) is 3.77. The summed E-state index contributed by atoms with van der Waals surface area (Å²) in [6, 6.07) is 7.43. The van der Waals surface area contributed by atoms with Crippen LogP contribution >= 0.6 is 0 Å². The molecule has 0 aliphatic heterocycles. The molecule has 0 spiro atoms. The molecule has 0 aliphatic carbocycles. The first-order chi connectivity index (χ1) is 11.6. The monoisotopic (exact) mass is 403 g/mol. The van der Waals surface area contributed by atoms with Gasteiger partial charge in [-0.3, -0.25) is 4.99 Å². The minimum absolute atomic E-state index is 0.242. The Bertz CT molecular complexity index is 740. The molecule has 0 aliphatic rings. The highest BCUT2D eigenvalue weighted by atomic mass is 32.2. The van der Waals surface area contributed by atoms with E-state index >= 15 is 0 Å². The second kappa shape index (κ2) is 7.58. The standard InChI is InChI=1S/C16H19F6NO2S/c1-14(2,3)23-12(15(19,20)16(21,22)13(17)18)10-26(24,25)9-11-7-5-4-6-8-11/h4-8,13H,9-10H2,1-3H3. The van der Waals surface area contributed by atoms with Gasteiger partial charge in [-0.2, -0.15) is 17.6 Å². The molecule has 0 N–H and O–H groups in total. The lowest BCUT2D eigenvalue weighted by Gasteiger charge is -2.29. The molecule has 0 heterocycles. The molecule has 0 bridgehead atoms. The molecule has 0 aromatic heterocycles. The third-order valence-electron chi connectivity index (χ3n) is 3.11. The molecule has 148 valence electrons. The van der Waals surface area contributed by atoms with E-state index in [-0.39, 0.29) is 5.56 Å². The van der Waals surface area contributed by atoms with E-state index in [2.05, 4.69) is 4.99 Å². The summed E-state index contributed by atoms with van der Waals surface area (Å²) >= 11 is 0. The summed E-state index contributed by atoms with van der Waals surface area (Å²) in [6.07, 6.45) is -4.68. The molecule has 0 saturated carbocycles. The predicted octanol–water partition coefficient (Wildman–Crippen LogP) is 4.38. The van der Waals surface area contributed by atoms with E-state index < -0.39 is 50.9 Å². The molecule has 0 fully saturated rings. The summed E-state index contributed by atoms with van der Waals surface area (Å²) in [5, 5.41) is 0. The van der Waals surface area contributed by atoms with Crippen molar-refractivity contribution in [1.29, 1.82) is 0 Å². The molecule has 0 saturated heterocycles. The van der Waals surface area contributed by atoms with Crippen molar-refractivity contribution in [3.63, 3.8) is 0 Å². The van der Waals surface area contributed by atoms with E-state index in [9.17, 15) is 34.8 Å². The summed E-state index contributed by atoms with van der Waals surface area (Å²) in [7, 11) is -4.36. The number of nitrogens with zero attached hydrogens (tertiary/aromatic N) is 1. The van der Waals surface area contributed by atoms with Crippen LogP contribution in [0, 0.1) is 0 Å². The smallest absolute Gasteiger partial charge is 0.281 e. The second-order valence-electron chi connectivity index (χ2n) is 6.75. The second-order valence-corrected chi connectivity index (χ2v) is 8.81. The van der Waals surface area contributed by atoms with Crippen molar-refractivity contribution in [3.05, 3.63) is 35.9 Å². The fourth-order valence-corrected chi connectivity index (χ4v) is 3.48. The minimum atomic E-state index is -5.75. The van der Waals surface area contributed by atoms with E-state index in [0.29, 0.717) is 0 Å². The molecule has 0 atom stereocenters. The molecule has 0 unspecified atom stereocenters. The van der Waals surface area contributed by atoms with Crippen LogP contribution in [0.1, 0.15) is 26.3 Å². The molecular formula is C16H19F6NO2S. The van der Waals surface area contributed by atoms with Gasteiger partial charge in [0, 0.05) is 0 Å². The van der Waals surface area contributed by atoms with Gasteiger partial charge in [-0.25, -0.2) is 17.2 Å². The van der Waals surface area contributed by atoms with Gasteiger partial charge < -0.3 is 0 Å². The van der Waals surface area contributed by atoms with Gasteiger partial charge >= 0.3 is 18.3 Å². The lowest BCUT2D eigenvalue weighted by molar-refractivity contribution is -0.232. The van der Waals surface area contributed by atoms with Crippen molar-refractivity contribution < 1.29 is 34.8 Å². The highest BCUT2D eigenvalue weighted by Gasteiger charge is 2.66. The number of halogens is 6. The summed E-state index contributed by atoms with van der Waals surface area (Å²) in [4.78, 5) is 3.33. The zero-order valence-corrected chi connectivity index (χ0v) is 15.1. The molecule has 0 amide bonds. The zero-order valence-electron chi connectivity index (χ0n) is 14.3. The highest BCUT2D eigenvalue weighted by molar-refractivity contribution is 7.91. The van der Waals surface area contributed by atoms with Gasteiger partial charge in [0.1, 0.15) is 5.71 Å². The van der Waals surface area contributed by atoms with Crippen LogP contribution in [0.3, 0.4) is 0 Å². The average molecular weight is 403 g/mol. The van der Waals surface area contributed by atoms with Crippen molar-refractivity contribution in [2.45, 2.75) is 50.3 Å². The lowest BCUT2D eigenvalue weighted by atomic mass is 10.1. The Morgan fingerprint density at radius 2 is 1.54 bits per heavy atom. The fourth-order valence-electron chi connectivity index (χ4n) is 2.01. The van der Waals surface area contributed by atoms with Crippen molar-refractivity contribution in [2.24, 2.45) is 4.99 Å². The SMILES string of the molecule is CC(C)(C)N=C(CS(=O)(=O)Cc1ccccc1)C(F)(F)C(F)(F)C(F)F. The Morgan fingerprint density at radius 1 is 1.04 bits per heavy atom. The van der Waals surface area contributed by atoms with Crippen LogP contribution in [0.15, 0.2) is 35.3 Å². The molecule has 0 radical (unpaired) electrons. The normalized spacial score (nSPS) is 14.8. The molecule has 10 heteroatoms. The van der Waals surface area contributed by atoms with Gasteiger partial charge in [-0.05, 0) is 26.3 Å². The van der Waals surface area contributed by atoms with Crippen molar-refractivity contribution >= 4 is 15.5 Å². The summed E-state index contributed by atoms with van der Waals surface area (Å²) in [5.41, 5.74) is -2.92. The van der Waals surface area contributed by atoms with Crippen LogP contribution in [-0.2, 0) is 15.6 Å². The number of hydrogen-bond acceptors (Lipinski definition) is 3. The number of aliphatic imine (C=N–C) groups is 1. The highest BCUT2D eigenvalue weighted by Crippen LogP contribution is 2.41. The van der Waals surface area contributed by atoms with Crippen LogP contribution in [0.2, 0.25) is 0 Å². The third kappa shape index (κ3) is 5.72. The average Bonchev–Trinajstić information content (AvgIpc) is 2.44. The van der Waals surface area contributed by atoms with E-state index in [1.54, 1.807) is 6.07 Å². The maximum atomic E-state index is 14.1. The third-order valence-corrected chi connectivity index (χ3v) is 4.60. The molecule has 1 aromatic carbocycles. The first-order valence-corrected chi connectivity index (χ1v) is 9.28. The van der Waals surface area contributed by atoms with Crippen molar-refractivity contribution in [2.75, 3.05) is 5.75 Å². The lowest BCUT2D eigenvalue weighted by Crippen LogP contribution is -2.54. The Labute approximate surface area is 148 Å². The topological polar surface area (TPSA) is 46.5 Å². The van der Waals surface area contributed by atoms with Gasteiger partial charge in [0.2, 0.25) is 0 Å². The maximum Gasteiger partial charge on any atom is 0.374 e. The quantitative estimate of drug-likeness (QED) is 0.501. The Hall–Kier alpha value is -1.58. The van der Waals surface area contributed by atoms with E-state index in [0.717, 1.165) is 0 Å². The van der Waals surface area contributed by atoms with Gasteiger partial charge in [0.05, 0.1) is 17.0 Å². The van der Waals surface area contributed by atoms with Gasteiger partial charge in [0.25, 0.3) is 0 Å². The van der Waals surface area contributed by atoms with Gasteiger partial charge in [-0.1, -0.05) is 30.3 Å². The van der Waals surface area contributed by atoms with Crippen LogP contribution in [-0.4, -0.2) is 43.7 Å². The Morgan fingerprint density at radius 3 is 1.96 bits per heavy atom. The molecule has 1 rings (SSSR count). The van der Waals surface area contributed by atoms with Crippen molar-refractivity contribution in [3.8, 4) is 0 Å².